The van der Waals surface area contributed by atoms with Crippen LogP contribution in [0.5, 0.6) is 0 Å². The highest BCUT2D eigenvalue weighted by Crippen LogP contribution is 2.19. The van der Waals surface area contributed by atoms with E-state index in [0.717, 1.165) is 23.3 Å². The molecule has 0 heterocycles. The molecule has 0 aliphatic heterocycles. The fraction of sp³-hybridized carbons (Fsp3) is 0. The van der Waals surface area contributed by atoms with Gasteiger partial charge in [-0.1, -0.05) is 54.6 Å². The minimum atomic E-state index is -0.943. The van der Waals surface area contributed by atoms with Gasteiger partial charge in [0.1, 0.15) is 0 Å². The summed E-state index contributed by atoms with van der Waals surface area (Å²) < 4.78 is 26.0. The van der Waals surface area contributed by atoms with E-state index >= 15 is 0 Å². The minimum Gasteiger partial charge on any atom is -0.361 e. The van der Waals surface area contributed by atoms with E-state index in [1.54, 1.807) is 12.1 Å². The van der Waals surface area contributed by atoms with Crippen molar-refractivity contribution in [1.82, 2.24) is 0 Å². The second-order valence-corrected chi connectivity index (χ2v) is 5.41. The van der Waals surface area contributed by atoms with E-state index in [1.165, 1.54) is 18.3 Å². The van der Waals surface area contributed by atoms with Gasteiger partial charge in [-0.05, 0) is 23.3 Å². The van der Waals surface area contributed by atoms with Crippen molar-refractivity contribution in [2.24, 2.45) is 0 Å². The lowest BCUT2D eigenvalue weighted by Gasteiger charge is -2.03. The predicted octanol–water partition coefficient (Wildman–Crippen LogP) is 5.44. The number of hydrogen-bond donors (Lipinski definition) is 1. The van der Waals surface area contributed by atoms with Crippen molar-refractivity contribution >= 4 is 11.5 Å². The van der Waals surface area contributed by atoms with Gasteiger partial charge in [0, 0.05) is 29.6 Å². The molecule has 0 fully saturated rings. The molecule has 0 unspecified atom stereocenters. The number of hydrogen-bond acceptors (Lipinski definition) is 2. The summed E-state index contributed by atoms with van der Waals surface area (Å²) in [7, 11) is 0. The largest absolute Gasteiger partial charge is 0.361 e. The van der Waals surface area contributed by atoms with E-state index in [0.29, 0.717) is 11.3 Å². The van der Waals surface area contributed by atoms with E-state index in [4.69, 9.17) is 0 Å². The van der Waals surface area contributed by atoms with Crippen LogP contribution < -0.4 is 5.32 Å². The summed E-state index contributed by atoms with van der Waals surface area (Å²) in [6, 6.07) is 20.6. The van der Waals surface area contributed by atoms with Gasteiger partial charge in [-0.15, -0.1) is 0 Å². The number of benzene rings is 3. The van der Waals surface area contributed by atoms with E-state index in [9.17, 15) is 13.6 Å². The molecule has 3 aromatic rings. The molecule has 0 radical (unpaired) electrons. The summed E-state index contributed by atoms with van der Waals surface area (Å²) in [5.41, 5.74) is 3.02. The Hall–Kier alpha value is -3.27. The van der Waals surface area contributed by atoms with Gasteiger partial charge in [0.25, 0.3) is 0 Å². The Labute approximate surface area is 144 Å². The summed E-state index contributed by atoms with van der Waals surface area (Å²) in [4.78, 5) is 12.1. The molecule has 0 saturated heterocycles. The second kappa shape index (κ2) is 7.53. The fourth-order valence-electron chi connectivity index (χ4n) is 2.35. The van der Waals surface area contributed by atoms with Crippen LogP contribution in [0.4, 0.5) is 14.5 Å². The van der Waals surface area contributed by atoms with Crippen molar-refractivity contribution in [3.63, 3.8) is 0 Å². The maximum atomic E-state index is 13.1. The highest BCUT2D eigenvalue weighted by atomic mass is 19.2. The van der Waals surface area contributed by atoms with Crippen molar-refractivity contribution in [2.75, 3.05) is 5.32 Å². The first kappa shape index (κ1) is 16.6. The Balaban J connectivity index is 1.65. The van der Waals surface area contributed by atoms with Crippen molar-refractivity contribution in [3.8, 4) is 11.1 Å². The number of ketones is 1. The lowest BCUT2D eigenvalue weighted by atomic mass is 10.0. The average Bonchev–Trinajstić information content (AvgIpc) is 2.65. The molecular weight excluding hydrogens is 320 g/mol. The number of allylic oxidation sites excluding steroid dienone is 1. The van der Waals surface area contributed by atoms with Gasteiger partial charge in [-0.3, -0.25) is 4.79 Å². The molecule has 124 valence electrons. The molecule has 2 nitrogen and oxygen atoms in total. The van der Waals surface area contributed by atoms with Gasteiger partial charge in [-0.25, -0.2) is 8.78 Å². The Morgan fingerprint density at radius 3 is 2.16 bits per heavy atom. The molecule has 1 N–H and O–H groups in total. The molecule has 3 rings (SSSR count). The molecule has 0 aliphatic rings. The van der Waals surface area contributed by atoms with Gasteiger partial charge in [-0.2, -0.15) is 0 Å². The number of rotatable bonds is 5. The normalized spacial score (nSPS) is 10.8. The van der Waals surface area contributed by atoms with E-state index in [-0.39, 0.29) is 5.78 Å². The Kier molecular flexibility index (Phi) is 5.00. The summed E-state index contributed by atoms with van der Waals surface area (Å²) in [5.74, 6) is -2.04. The van der Waals surface area contributed by atoms with Gasteiger partial charge in [0.05, 0.1) is 0 Å². The van der Waals surface area contributed by atoms with Crippen LogP contribution in [0.1, 0.15) is 10.4 Å². The van der Waals surface area contributed by atoms with E-state index in [1.807, 2.05) is 42.5 Å². The zero-order chi connectivity index (χ0) is 17.6. The van der Waals surface area contributed by atoms with Crippen LogP contribution >= 0.6 is 0 Å². The molecule has 25 heavy (non-hydrogen) atoms. The molecule has 0 bridgehead atoms. The van der Waals surface area contributed by atoms with Gasteiger partial charge < -0.3 is 5.32 Å². The minimum absolute atomic E-state index is 0.185. The number of halogens is 2. The highest BCUT2D eigenvalue weighted by Gasteiger charge is 2.04. The van der Waals surface area contributed by atoms with Crippen LogP contribution in [0, 0.1) is 11.6 Å². The number of carbonyl (C=O) groups is 1. The Morgan fingerprint density at radius 1 is 0.800 bits per heavy atom. The summed E-state index contributed by atoms with van der Waals surface area (Å²) in [5, 5.41) is 2.74. The van der Waals surface area contributed by atoms with Gasteiger partial charge >= 0.3 is 0 Å². The number of anilines is 1. The van der Waals surface area contributed by atoms with Crippen molar-refractivity contribution in [3.05, 3.63) is 102 Å². The topological polar surface area (TPSA) is 29.1 Å². The monoisotopic (exact) mass is 335 g/mol. The maximum Gasteiger partial charge on any atom is 0.187 e. The Morgan fingerprint density at radius 2 is 1.48 bits per heavy atom. The first-order valence-corrected chi connectivity index (χ1v) is 7.71. The third kappa shape index (κ3) is 4.18. The number of nitrogens with one attached hydrogen (secondary N) is 1. The van der Waals surface area contributed by atoms with Crippen molar-refractivity contribution < 1.29 is 13.6 Å². The lowest BCUT2D eigenvalue weighted by molar-refractivity contribution is 0.104. The smallest absolute Gasteiger partial charge is 0.187 e. The number of carbonyl (C=O) groups excluding carboxylic acids is 1. The van der Waals surface area contributed by atoms with Crippen LogP contribution in [0.15, 0.2) is 85.1 Å². The van der Waals surface area contributed by atoms with Crippen LogP contribution in [0.25, 0.3) is 11.1 Å². The summed E-state index contributed by atoms with van der Waals surface area (Å²) >= 11 is 0. The third-order valence-corrected chi connectivity index (χ3v) is 3.68. The zero-order valence-corrected chi connectivity index (χ0v) is 13.2. The molecule has 0 spiro atoms. The lowest BCUT2D eigenvalue weighted by Crippen LogP contribution is -1.97. The molecule has 0 atom stereocenters. The summed E-state index contributed by atoms with van der Waals surface area (Å²) in [6.07, 6.45) is 2.75. The molecule has 0 saturated carbocycles. The molecule has 4 heteroatoms. The van der Waals surface area contributed by atoms with Gasteiger partial charge in [0.15, 0.2) is 17.4 Å². The standard InChI is InChI=1S/C21H15F2NO/c22-19-11-10-18(14-20(19)23)24-13-12-21(25)17-8-6-16(7-9-17)15-4-2-1-3-5-15/h1-14,24H. The highest BCUT2D eigenvalue weighted by molar-refractivity contribution is 6.04. The molecule has 0 aromatic heterocycles. The van der Waals surface area contributed by atoms with Crippen LogP contribution in [0.2, 0.25) is 0 Å². The quantitative estimate of drug-likeness (QED) is 0.497. The van der Waals surface area contributed by atoms with Crippen LogP contribution in [0.3, 0.4) is 0 Å². The van der Waals surface area contributed by atoms with E-state index in [2.05, 4.69) is 5.32 Å². The van der Waals surface area contributed by atoms with Crippen molar-refractivity contribution in [2.45, 2.75) is 0 Å². The second-order valence-electron chi connectivity index (χ2n) is 5.41. The molecule has 3 aromatic carbocycles. The van der Waals surface area contributed by atoms with Crippen LogP contribution in [-0.2, 0) is 0 Å². The van der Waals surface area contributed by atoms with Gasteiger partial charge in [0.2, 0.25) is 0 Å². The first-order chi connectivity index (χ1) is 12.1. The van der Waals surface area contributed by atoms with E-state index < -0.39 is 11.6 Å². The first-order valence-electron chi connectivity index (χ1n) is 7.71. The average molecular weight is 335 g/mol. The fourth-order valence-corrected chi connectivity index (χ4v) is 2.35. The van der Waals surface area contributed by atoms with Crippen molar-refractivity contribution in [1.29, 1.82) is 0 Å². The third-order valence-electron chi connectivity index (χ3n) is 3.68. The zero-order valence-electron chi connectivity index (χ0n) is 13.2. The van der Waals surface area contributed by atoms with Crippen LogP contribution in [-0.4, -0.2) is 5.78 Å². The SMILES string of the molecule is O=C(C=CNc1ccc(F)c(F)c1)c1ccc(-c2ccccc2)cc1. The maximum absolute atomic E-state index is 13.1. The Bertz CT molecular complexity index is 903. The molecule has 0 amide bonds. The molecular formula is C21H15F2NO. The predicted molar refractivity (Wildman–Crippen MR) is 95.3 cm³/mol. The summed E-state index contributed by atoms with van der Waals surface area (Å²) in [6.45, 7) is 0. The molecule has 0 aliphatic carbocycles.